The lowest BCUT2D eigenvalue weighted by Crippen LogP contribution is -2.24. The maximum atomic E-state index is 11.1. The van der Waals surface area contributed by atoms with Crippen LogP contribution in [0.5, 0.6) is 0 Å². The molecule has 0 bridgehead atoms. The fourth-order valence-corrected chi connectivity index (χ4v) is 2.85. The second-order valence-electron chi connectivity index (χ2n) is 4.85. The molecule has 1 aliphatic rings. The highest BCUT2D eigenvalue weighted by Crippen LogP contribution is 2.25. The Morgan fingerprint density at radius 1 is 1.37 bits per heavy atom. The molecule has 5 N–H and O–H groups in total. The number of nitrogens with one attached hydrogen (secondary N) is 2. The molecule has 0 heterocycles. The van der Waals surface area contributed by atoms with Crippen LogP contribution in [0.1, 0.15) is 37.7 Å². The molecule has 1 atom stereocenters. The van der Waals surface area contributed by atoms with Gasteiger partial charge in [0, 0.05) is 17.3 Å². The number of amidine groups is 1. The van der Waals surface area contributed by atoms with Gasteiger partial charge in [0.1, 0.15) is 5.84 Å². The first kappa shape index (κ1) is 14.0. The average Bonchev–Trinajstić information content (AvgIpc) is 2.39. The Morgan fingerprint density at radius 2 is 2.05 bits per heavy atom. The molecule has 0 amide bonds. The molecule has 0 spiro atoms. The first-order chi connectivity index (χ1) is 9.08. The average molecular weight is 281 g/mol. The zero-order valence-corrected chi connectivity index (χ0v) is 11.5. The summed E-state index contributed by atoms with van der Waals surface area (Å²) < 4.78 is 20.1. The molecule has 5 nitrogen and oxygen atoms in total. The Hall–Kier alpha value is -1.40. The molecule has 0 radical (unpaired) electrons. The van der Waals surface area contributed by atoms with Gasteiger partial charge in [0.25, 0.3) is 0 Å². The summed E-state index contributed by atoms with van der Waals surface area (Å²) in [5.41, 5.74) is 6.81. The van der Waals surface area contributed by atoms with E-state index in [0.29, 0.717) is 11.6 Å². The molecule has 104 valence electrons. The summed E-state index contributed by atoms with van der Waals surface area (Å²) >= 11 is -2.05. The number of nitrogens with two attached hydrogens (primary N) is 1. The lowest BCUT2D eigenvalue weighted by Gasteiger charge is -2.25. The molecule has 1 aromatic carbocycles. The molecule has 1 saturated carbocycles. The summed E-state index contributed by atoms with van der Waals surface area (Å²) in [7, 11) is 0. The molecule has 2 rings (SSSR count). The van der Waals surface area contributed by atoms with Crippen molar-refractivity contribution in [3.8, 4) is 0 Å². The SMILES string of the molecule is N=C(N)c1cc(S(=O)O)ccc1NC1CCCCC1. The molecule has 1 aromatic rings. The molecule has 1 fully saturated rings. The Morgan fingerprint density at radius 3 is 2.63 bits per heavy atom. The van der Waals surface area contributed by atoms with E-state index >= 15 is 0 Å². The predicted molar refractivity (Wildman–Crippen MR) is 77.0 cm³/mol. The van der Waals surface area contributed by atoms with Crippen molar-refractivity contribution in [1.82, 2.24) is 0 Å². The molecule has 0 saturated heterocycles. The van der Waals surface area contributed by atoms with Crippen LogP contribution in [0.4, 0.5) is 5.69 Å². The zero-order valence-electron chi connectivity index (χ0n) is 10.7. The van der Waals surface area contributed by atoms with Crippen LogP contribution < -0.4 is 11.1 Å². The van der Waals surface area contributed by atoms with Crippen molar-refractivity contribution in [2.24, 2.45) is 5.73 Å². The topological polar surface area (TPSA) is 99.2 Å². The third-order valence-electron chi connectivity index (χ3n) is 3.45. The van der Waals surface area contributed by atoms with E-state index in [-0.39, 0.29) is 10.7 Å². The van der Waals surface area contributed by atoms with Gasteiger partial charge in [0.05, 0.1) is 4.90 Å². The lowest BCUT2D eigenvalue weighted by molar-refractivity contribution is 0.462. The summed E-state index contributed by atoms with van der Waals surface area (Å²) in [6, 6.07) is 5.23. The highest BCUT2D eigenvalue weighted by molar-refractivity contribution is 7.79. The van der Waals surface area contributed by atoms with Gasteiger partial charge in [-0.3, -0.25) is 5.41 Å². The first-order valence-electron chi connectivity index (χ1n) is 6.44. The van der Waals surface area contributed by atoms with E-state index in [0.717, 1.165) is 18.5 Å². The Bertz CT molecular complexity index is 499. The van der Waals surface area contributed by atoms with E-state index in [4.69, 9.17) is 15.7 Å². The molecule has 19 heavy (non-hydrogen) atoms. The van der Waals surface area contributed by atoms with E-state index in [1.54, 1.807) is 12.1 Å². The van der Waals surface area contributed by atoms with Crippen LogP contribution in [0.3, 0.4) is 0 Å². The van der Waals surface area contributed by atoms with Crippen LogP contribution in [0, 0.1) is 5.41 Å². The minimum absolute atomic E-state index is 0.0920. The minimum Gasteiger partial charge on any atom is -0.384 e. The summed E-state index contributed by atoms with van der Waals surface area (Å²) in [6.45, 7) is 0. The quantitative estimate of drug-likeness (QED) is 0.386. The van der Waals surface area contributed by atoms with E-state index in [1.165, 1.54) is 25.3 Å². The monoisotopic (exact) mass is 281 g/mol. The number of benzene rings is 1. The Labute approximate surface area is 115 Å². The minimum atomic E-state index is -2.05. The first-order valence-corrected chi connectivity index (χ1v) is 7.54. The van der Waals surface area contributed by atoms with Gasteiger partial charge in [0.2, 0.25) is 0 Å². The van der Waals surface area contributed by atoms with Crippen molar-refractivity contribution >= 4 is 22.6 Å². The van der Waals surface area contributed by atoms with Gasteiger partial charge >= 0.3 is 0 Å². The third-order valence-corrected chi connectivity index (χ3v) is 4.10. The van der Waals surface area contributed by atoms with Gasteiger partial charge in [-0.1, -0.05) is 19.3 Å². The molecular formula is C13H19N3O2S. The lowest BCUT2D eigenvalue weighted by atomic mass is 9.95. The predicted octanol–water partition coefficient (Wildman–Crippen LogP) is 2.30. The third kappa shape index (κ3) is 3.54. The summed E-state index contributed by atoms with van der Waals surface area (Å²) in [5, 5.41) is 11.0. The molecular weight excluding hydrogens is 262 g/mol. The van der Waals surface area contributed by atoms with Crippen molar-refractivity contribution in [2.75, 3.05) is 5.32 Å². The molecule has 6 heteroatoms. The van der Waals surface area contributed by atoms with Crippen LogP contribution in [0.15, 0.2) is 23.1 Å². The van der Waals surface area contributed by atoms with Crippen LogP contribution in [-0.4, -0.2) is 20.6 Å². The van der Waals surface area contributed by atoms with Gasteiger partial charge in [0.15, 0.2) is 11.1 Å². The number of nitrogen functional groups attached to an aromatic ring is 1. The van der Waals surface area contributed by atoms with E-state index in [2.05, 4.69) is 5.32 Å². The van der Waals surface area contributed by atoms with Gasteiger partial charge in [-0.25, -0.2) is 4.21 Å². The summed E-state index contributed by atoms with van der Waals surface area (Å²) in [5.74, 6) is -0.0920. The molecule has 0 aromatic heterocycles. The highest BCUT2D eigenvalue weighted by Gasteiger charge is 2.16. The maximum Gasteiger partial charge on any atom is 0.186 e. The summed E-state index contributed by atoms with van der Waals surface area (Å²) in [6.07, 6.45) is 5.94. The van der Waals surface area contributed by atoms with Crippen LogP contribution >= 0.6 is 0 Å². The maximum absolute atomic E-state index is 11.1. The zero-order chi connectivity index (χ0) is 13.8. The van der Waals surface area contributed by atoms with Crippen LogP contribution in [0.25, 0.3) is 0 Å². The number of hydrogen-bond acceptors (Lipinski definition) is 3. The van der Waals surface area contributed by atoms with Crippen molar-refractivity contribution < 1.29 is 8.76 Å². The number of hydrogen-bond donors (Lipinski definition) is 4. The highest BCUT2D eigenvalue weighted by atomic mass is 32.2. The fourth-order valence-electron chi connectivity index (χ4n) is 2.45. The fraction of sp³-hybridized carbons (Fsp3) is 0.462. The van der Waals surface area contributed by atoms with Gasteiger partial charge in [-0.2, -0.15) is 0 Å². The Kier molecular flexibility index (Phi) is 4.55. The van der Waals surface area contributed by atoms with E-state index in [9.17, 15) is 4.21 Å². The van der Waals surface area contributed by atoms with Crippen molar-refractivity contribution in [3.63, 3.8) is 0 Å². The van der Waals surface area contributed by atoms with Gasteiger partial charge in [-0.15, -0.1) is 0 Å². The summed E-state index contributed by atoms with van der Waals surface area (Å²) in [4.78, 5) is 0.263. The second-order valence-corrected chi connectivity index (χ2v) is 5.82. The molecule has 1 unspecified atom stereocenters. The van der Waals surface area contributed by atoms with Crippen LogP contribution in [-0.2, 0) is 11.1 Å². The van der Waals surface area contributed by atoms with Crippen LogP contribution in [0.2, 0.25) is 0 Å². The van der Waals surface area contributed by atoms with E-state index < -0.39 is 11.1 Å². The van der Waals surface area contributed by atoms with Gasteiger partial charge < -0.3 is 15.6 Å². The number of rotatable bonds is 4. The molecule has 1 aliphatic carbocycles. The normalized spacial score (nSPS) is 17.9. The standard InChI is InChI=1S/C13H19N3O2S/c14-13(15)11-8-10(19(17)18)6-7-12(11)16-9-4-2-1-3-5-9/h6-9,16H,1-5H2,(H3,14,15)(H,17,18). The smallest absolute Gasteiger partial charge is 0.186 e. The van der Waals surface area contributed by atoms with Crippen molar-refractivity contribution in [3.05, 3.63) is 23.8 Å². The van der Waals surface area contributed by atoms with Gasteiger partial charge in [-0.05, 0) is 31.0 Å². The van der Waals surface area contributed by atoms with Crippen molar-refractivity contribution in [1.29, 1.82) is 5.41 Å². The molecule has 0 aliphatic heterocycles. The van der Waals surface area contributed by atoms with Crippen molar-refractivity contribution in [2.45, 2.75) is 43.0 Å². The number of anilines is 1. The Balaban J connectivity index is 2.23. The largest absolute Gasteiger partial charge is 0.384 e. The second kappa shape index (κ2) is 6.16. The van der Waals surface area contributed by atoms with E-state index in [1.807, 2.05) is 0 Å².